The van der Waals surface area contributed by atoms with Crippen molar-refractivity contribution in [2.75, 3.05) is 24.5 Å². The first-order valence-corrected chi connectivity index (χ1v) is 8.70. The Hall–Kier alpha value is -2.24. The Balaban J connectivity index is 1.51. The SMILES string of the molecule is O=C(C1CC=CC1)N1CCC[C@@]2(CCN(c3cncnc3)C2=O)C1. The molecule has 0 N–H and O–H groups in total. The van der Waals surface area contributed by atoms with Crippen molar-refractivity contribution in [3.8, 4) is 0 Å². The molecular formula is C18H22N4O2. The van der Waals surface area contributed by atoms with Gasteiger partial charge in [-0.3, -0.25) is 9.59 Å². The summed E-state index contributed by atoms with van der Waals surface area (Å²) in [5.74, 6) is 0.419. The fourth-order valence-electron chi connectivity index (χ4n) is 4.27. The number of carbonyl (C=O) groups excluding carboxylic acids is 2. The number of hydrogen-bond acceptors (Lipinski definition) is 4. The Morgan fingerprint density at radius 1 is 1.12 bits per heavy atom. The predicted octanol–water partition coefficient (Wildman–Crippen LogP) is 1.79. The van der Waals surface area contributed by atoms with Crippen LogP contribution in [0, 0.1) is 11.3 Å². The number of carbonyl (C=O) groups is 2. The monoisotopic (exact) mass is 326 g/mol. The van der Waals surface area contributed by atoms with Crippen LogP contribution in [0.4, 0.5) is 5.69 Å². The zero-order valence-electron chi connectivity index (χ0n) is 13.7. The molecule has 1 spiro atoms. The molecule has 0 bridgehead atoms. The summed E-state index contributed by atoms with van der Waals surface area (Å²) in [6.45, 7) is 2.02. The van der Waals surface area contributed by atoms with Crippen molar-refractivity contribution in [1.29, 1.82) is 0 Å². The van der Waals surface area contributed by atoms with E-state index in [0.717, 1.165) is 44.3 Å². The van der Waals surface area contributed by atoms with Crippen LogP contribution in [0.3, 0.4) is 0 Å². The zero-order valence-corrected chi connectivity index (χ0v) is 13.7. The van der Waals surface area contributed by atoms with Crippen molar-refractivity contribution in [1.82, 2.24) is 14.9 Å². The number of anilines is 1. The average Bonchev–Trinajstić information content (AvgIpc) is 3.26. The van der Waals surface area contributed by atoms with E-state index >= 15 is 0 Å². The first kappa shape index (κ1) is 15.3. The van der Waals surface area contributed by atoms with Gasteiger partial charge in [-0.15, -0.1) is 0 Å². The first-order chi connectivity index (χ1) is 11.7. The standard InChI is InChI=1S/C18H22N4O2/c23-16(14-4-1-2-5-14)21-8-3-6-18(12-21)7-9-22(17(18)24)15-10-19-13-20-11-15/h1-2,10-11,13-14H,3-9,12H2/t18-/m1/s1. The van der Waals surface area contributed by atoms with Crippen LogP contribution in [-0.4, -0.2) is 46.3 Å². The molecule has 4 rings (SSSR count). The number of likely N-dealkylation sites (tertiary alicyclic amines) is 1. The van der Waals surface area contributed by atoms with E-state index in [1.807, 2.05) is 4.90 Å². The molecule has 0 saturated carbocycles. The number of allylic oxidation sites excluding steroid dienone is 2. The summed E-state index contributed by atoms with van der Waals surface area (Å²) in [4.78, 5) is 37.6. The van der Waals surface area contributed by atoms with Crippen LogP contribution in [0.5, 0.6) is 0 Å². The lowest BCUT2D eigenvalue weighted by atomic mass is 9.78. The number of amides is 2. The predicted molar refractivity (Wildman–Crippen MR) is 89.1 cm³/mol. The van der Waals surface area contributed by atoms with Gasteiger partial charge in [-0.1, -0.05) is 12.2 Å². The Labute approximate surface area is 141 Å². The van der Waals surface area contributed by atoms with E-state index in [0.29, 0.717) is 13.1 Å². The van der Waals surface area contributed by atoms with E-state index in [4.69, 9.17) is 0 Å². The van der Waals surface area contributed by atoms with Crippen LogP contribution < -0.4 is 4.90 Å². The van der Waals surface area contributed by atoms with Crippen LogP contribution in [0.1, 0.15) is 32.1 Å². The Morgan fingerprint density at radius 2 is 1.88 bits per heavy atom. The molecule has 0 radical (unpaired) electrons. The molecule has 3 aliphatic rings. The van der Waals surface area contributed by atoms with Crippen molar-refractivity contribution in [3.05, 3.63) is 30.9 Å². The van der Waals surface area contributed by atoms with E-state index in [9.17, 15) is 9.59 Å². The molecule has 6 nitrogen and oxygen atoms in total. The second-order valence-corrected chi connectivity index (χ2v) is 7.09. The molecule has 126 valence electrons. The van der Waals surface area contributed by atoms with Crippen LogP contribution in [0.15, 0.2) is 30.9 Å². The third-order valence-corrected chi connectivity index (χ3v) is 5.62. The number of rotatable bonds is 2. The minimum atomic E-state index is -0.421. The number of piperidine rings is 1. The van der Waals surface area contributed by atoms with Crippen molar-refractivity contribution >= 4 is 17.5 Å². The number of aromatic nitrogens is 2. The van der Waals surface area contributed by atoms with Gasteiger partial charge in [0, 0.05) is 25.6 Å². The van der Waals surface area contributed by atoms with E-state index < -0.39 is 5.41 Å². The zero-order chi connectivity index (χ0) is 16.6. The molecule has 6 heteroatoms. The van der Waals surface area contributed by atoms with E-state index in [1.165, 1.54) is 6.33 Å². The van der Waals surface area contributed by atoms with Gasteiger partial charge in [0.1, 0.15) is 6.33 Å². The molecule has 2 saturated heterocycles. The highest BCUT2D eigenvalue weighted by molar-refractivity contribution is 6.00. The highest BCUT2D eigenvalue weighted by Gasteiger charge is 2.50. The Morgan fingerprint density at radius 3 is 2.62 bits per heavy atom. The van der Waals surface area contributed by atoms with Crippen LogP contribution in [-0.2, 0) is 9.59 Å². The van der Waals surface area contributed by atoms with Gasteiger partial charge in [0.25, 0.3) is 0 Å². The molecule has 1 aromatic rings. The summed E-state index contributed by atoms with van der Waals surface area (Å²) in [6.07, 6.45) is 13.2. The summed E-state index contributed by atoms with van der Waals surface area (Å²) in [7, 11) is 0. The maximum absolute atomic E-state index is 13.1. The molecule has 2 fully saturated rings. The summed E-state index contributed by atoms with van der Waals surface area (Å²) < 4.78 is 0. The molecular weight excluding hydrogens is 304 g/mol. The Bertz CT molecular complexity index is 667. The minimum absolute atomic E-state index is 0.0790. The topological polar surface area (TPSA) is 66.4 Å². The second kappa shape index (κ2) is 6.00. The maximum atomic E-state index is 13.1. The smallest absolute Gasteiger partial charge is 0.235 e. The highest BCUT2D eigenvalue weighted by atomic mass is 16.2. The van der Waals surface area contributed by atoms with Gasteiger partial charge in [-0.2, -0.15) is 0 Å². The van der Waals surface area contributed by atoms with Crippen molar-refractivity contribution in [2.24, 2.45) is 11.3 Å². The summed E-state index contributed by atoms with van der Waals surface area (Å²) in [5, 5.41) is 0. The molecule has 0 aromatic carbocycles. The van der Waals surface area contributed by atoms with Gasteiger partial charge in [-0.25, -0.2) is 9.97 Å². The van der Waals surface area contributed by atoms with Gasteiger partial charge >= 0.3 is 0 Å². The van der Waals surface area contributed by atoms with Gasteiger partial charge < -0.3 is 9.80 Å². The highest BCUT2D eigenvalue weighted by Crippen LogP contribution is 2.42. The van der Waals surface area contributed by atoms with Crippen LogP contribution in [0.2, 0.25) is 0 Å². The van der Waals surface area contributed by atoms with Gasteiger partial charge in [-0.05, 0) is 32.1 Å². The minimum Gasteiger partial charge on any atom is -0.341 e. The summed E-state index contributed by atoms with van der Waals surface area (Å²) in [6, 6.07) is 0. The molecule has 2 amide bonds. The fraction of sp³-hybridized carbons (Fsp3) is 0.556. The summed E-state index contributed by atoms with van der Waals surface area (Å²) in [5.41, 5.74) is 0.332. The molecule has 0 unspecified atom stereocenters. The normalized spacial score (nSPS) is 27.4. The third-order valence-electron chi connectivity index (χ3n) is 5.62. The Kier molecular flexibility index (Phi) is 3.82. The van der Waals surface area contributed by atoms with Crippen molar-refractivity contribution in [2.45, 2.75) is 32.1 Å². The van der Waals surface area contributed by atoms with E-state index in [1.54, 1.807) is 17.3 Å². The average molecular weight is 326 g/mol. The van der Waals surface area contributed by atoms with Gasteiger partial charge in [0.05, 0.1) is 23.5 Å². The van der Waals surface area contributed by atoms with E-state index in [2.05, 4.69) is 22.1 Å². The van der Waals surface area contributed by atoms with Gasteiger partial charge in [0.2, 0.25) is 11.8 Å². The number of hydrogen-bond donors (Lipinski definition) is 0. The third kappa shape index (κ3) is 2.50. The van der Waals surface area contributed by atoms with Crippen LogP contribution in [0.25, 0.3) is 0 Å². The van der Waals surface area contributed by atoms with E-state index in [-0.39, 0.29) is 17.7 Å². The molecule has 1 aliphatic carbocycles. The fourth-order valence-corrected chi connectivity index (χ4v) is 4.27. The van der Waals surface area contributed by atoms with Crippen molar-refractivity contribution < 1.29 is 9.59 Å². The van der Waals surface area contributed by atoms with Gasteiger partial charge in [0.15, 0.2) is 0 Å². The lowest BCUT2D eigenvalue weighted by molar-refractivity contribution is -0.141. The van der Waals surface area contributed by atoms with Crippen molar-refractivity contribution in [3.63, 3.8) is 0 Å². The lowest BCUT2D eigenvalue weighted by Crippen LogP contribution is -2.51. The number of nitrogens with zero attached hydrogens (tertiary/aromatic N) is 4. The molecule has 1 atom stereocenters. The first-order valence-electron chi connectivity index (χ1n) is 8.70. The largest absolute Gasteiger partial charge is 0.341 e. The quantitative estimate of drug-likeness (QED) is 0.777. The molecule has 2 aliphatic heterocycles. The second-order valence-electron chi connectivity index (χ2n) is 7.09. The maximum Gasteiger partial charge on any atom is 0.235 e. The summed E-state index contributed by atoms with van der Waals surface area (Å²) >= 11 is 0. The lowest BCUT2D eigenvalue weighted by Gasteiger charge is -2.40. The molecule has 1 aromatic heterocycles. The molecule has 24 heavy (non-hydrogen) atoms. The molecule has 3 heterocycles. The van der Waals surface area contributed by atoms with Crippen LogP contribution >= 0.6 is 0 Å².